The molecule has 5 nitrogen and oxygen atoms in total. The summed E-state index contributed by atoms with van der Waals surface area (Å²) in [5.74, 6) is 0. The van der Waals surface area contributed by atoms with Crippen molar-refractivity contribution >= 4 is 18.3 Å². The summed E-state index contributed by atoms with van der Waals surface area (Å²) in [6.07, 6.45) is 3.76. The summed E-state index contributed by atoms with van der Waals surface area (Å²) in [7, 11) is -0.342. The molecule has 0 amide bonds. The van der Waals surface area contributed by atoms with Gasteiger partial charge >= 0.3 is 7.12 Å². The number of hydrogen-bond donors (Lipinski definition) is 1. The highest BCUT2D eigenvalue weighted by Crippen LogP contribution is 2.36. The molecule has 21 heavy (non-hydrogen) atoms. The van der Waals surface area contributed by atoms with Crippen LogP contribution >= 0.6 is 0 Å². The molecule has 0 bridgehead atoms. The Labute approximate surface area is 127 Å². The van der Waals surface area contributed by atoms with E-state index >= 15 is 0 Å². The molecule has 0 aliphatic carbocycles. The predicted octanol–water partition coefficient (Wildman–Crippen LogP) is 0.790. The first-order valence-corrected chi connectivity index (χ1v) is 7.65. The average molecular weight is 289 g/mol. The summed E-state index contributed by atoms with van der Waals surface area (Å²) in [4.78, 5) is 6.72. The van der Waals surface area contributed by atoms with E-state index in [0.29, 0.717) is 0 Å². The van der Waals surface area contributed by atoms with Gasteiger partial charge in [0.15, 0.2) is 0 Å². The molecule has 0 aromatic carbocycles. The van der Waals surface area contributed by atoms with Crippen molar-refractivity contribution in [3.63, 3.8) is 0 Å². The zero-order chi connectivity index (χ0) is 15.1. The predicted molar refractivity (Wildman–Crippen MR) is 85.0 cm³/mol. The Morgan fingerprint density at radius 3 is 2.33 bits per heavy atom. The molecule has 1 aromatic rings. The van der Waals surface area contributed by atoms with Crippen LogP contribution in [0.4, 0.5) is 5.69 Å². The van der Waals surface area contributed by atoms with Gasteiger partial charge in [-0.1, -0.05) is 0 Å². The third-order valence-electron chi connectivity index (χ3n) is 4.75. The maximum Gasteiger partial charge on any atom is 0.496 e. The largest absolute Gasteiger partial charge is 0.496 e. The second kappa shape index (κ2) is 5.27. The van der Waals surface area contributed by atoms with Gasteiger partial charge in [0.1, 0.15) is 0 Å². The SMILES string of the molecule is CC1(C)OB(c2cncc(N3CCNCC3)c2)OC1(C)C. The number of piperazine rings is 1. The number of aromatic nitrogens is 1. The quantitative estimate of drug-likeness (QED) is 0.816. The van der Waals surface area contributed by atoms with Gasteiger partial charge in [-0.05, 0) is 33.8 Å². The van der Waals surface area contributed by atoms with Gasteiger partial charge in [0.05, 0.1) is 23.1 Å². The van der Waals surface area contributed by atoms with Crippen molar-refractivity contribution < 1.29 is 9.31 Å². The minimum Gasteiger partial charge on any atom is -0.399 e. The van der Waals surface area contributed by atoms with E-state index in [-0.39, 0.29) is 18.3 Å². The lowest BCUT2D eigenvalue weighted by molar-refractivity contribution is 0.00578. The lowest BCUT2D eigenvalue weighted by Crippen LogP contribution is -2.44. The van der Waals surface area contributed by atoms with Gasteiger partial charge in [0, 0.05) is 37.8 Å². The Bertz CT molecular complexity index is 499. The highest BCUT2D eigenvalue weighted by molar-refractivity contribution is 6.62. The molecule has 2 aliphatic rings. The van der Waals surface area contributed by atoms with Crippen LogP contribution in [-0.4, -0.2) is 49.5 Å². The highest BCUT2D eigenvalue weighted by atomic mass is 16.7. The molecule has 2 fully saturated rings. The van der Waals surface area contributed by atoms with Crippen molar-refractivity contribution in [2.45, 2.75) is 38.9 Å². The molecule has 2 saturated heterocycles. The molecule has 3 rings (SSSR count). The smallest absolute Gasteiger partial charge is 0.399 e. The zero-order valence-electron chi connectivity index (χ0n) is 13.3. The summed E-state index contributed by atoms with van der Waals surface area (Å²) >= 11 is 0. The molecule has 3 heterocycles. The van der Waals surface area contributed by atoms with Crippen molar-refractivity contribution in [1.82, 2.24) is 10.3 Å². The molecule has 1 N–H and O–H groups in total. The third-order valence-corrected chi connectivity index (χ3v) is 4.75. The van der Waals surface area contributed by atoms with E-state index in [0.717, 1.165) is 37.3 Å². The molecule has 0 spiro atoms. The third kappa shape index (κ3) is 2.80. The Balaban J connectivity index is 1.81. The van der Waals surface area contributed by atoms with E-state index in [2.05, 4.69) is 49.0 Å². The molecule has 1 aromatic heterocycles. The molecule has 114 valence electrons. The molecule has 0 unspecified atom stereocenters. The van der Waals surface area contributed by atoms with Gasteiger partial charge in [-0.25, -0.2) is 0 Å². The minimum absolute atomic E-state index is 0.317. The number of nitrogens with one attached hydrogen (secondary N) is 1. The maximum atomic E-state index is 6.10. The number of anilines is 1. The fraction of sp³-hybridized carbons (Fsp3) is 0.667. The van der Waals surface area contributed by atoms with Crippen molar-refractivity contribution in [2.75, 3.05) is 31.1 Å². The Morgan fingerprint density at radius 1 is 1.10 bits per heavy atom. The Kier molecular flexibility index (Phi) is 3.72. The Hall–Kier alpha value is -1.11. The fourth-order valence-electron chi connectivity index (χ4n) is 2.65. The second-order valence-corrected chi connectivity index (χ2v) is 6.80. The van der Waals surface area contributed by atoms with E-state index in [1.165, 1.54) is 0 Å². The number of rotatable bonds is 2. The summed E-state index contributed by atoms with van der Waals surface area (Å²) < 4.78 is 12.2. The topological polar surface area (TPSA) is 46.6 Å². The fourth-order valence-corrected chi connectivity index (χ4v) is 2.65. The first-order valence-electron chi connectivity index (χ1n) is 7.65. The minimum atomic E-state index is -0.342. The van der Waals surface area contributed by atoms with Gasteiger partial charge in [-0.2, -0.15) is 0 Å². The standard InChI is InChI=1S/C15H24BN3O2/c1-14(2)15(3,4)21-16(20-14)12-9-13(11-18-10-12)19-7-5-17-6-8-19/h9-11,17H,5-8H2,1-4H3. The lowest BCUT2D eigenvalue weighted by atomic mass is 9.80. The number of nitrogens with zero attached hydrogens (tertiary/aromatic N) is 2. The van der Waals surface area contributed by atoms with Crippen LogP contribution in [0.1, 0.15) is 27.7 Å². The number of pyridine rings is 1. The van der Waals surface area contributed by atoms with E-state index in [1.54, 1.807) is 0 Å². The van der Waals surface area contributed by atoms with Crippen LogP contribution in [0, 0.1) is 0 Å². The maximum absolute atomic E-state index is 6.10. The van der Waals surface area contributed by atoms with Crippen LogP contribution < -0.4 is 15.7 Å². The van der Waals surface area contributed by atoms with Gasteiger partial charge in [0.2, 0.25) is 0 Å². The van der Waals surface area contributed by atoms with Crippen LogP contribution in [0.5, 0.6) is 0 Å². The van der Waals surface area contributed by atoms with E-state index in [4.69, 9.17) is 9.31 Å². The van der Waals surface area contributed by atoms with E-state index < -0.39 is 0 Å². The van der Waals surface area contributed by atoms with Gasteiger partial charge in [-0.15, -0.1) is 0 Å². The van der Waals surface area contributed by atoms with Crippen LogP contribution in [0.25, 0.3) is 0 Å². The summed E-state index contributed by atoms with van der Waals surface area (Å²) in [5.41, 5.74) is 1.50. The summed E-state index contributed by atoms with van der Waals surface area (Å²) in [5, 5.41) is 3.36. The molecule has 0 atom stereocenters. The van der Waals surface area contributed by atoms with Crippen LogP contribution in [-0.2, 0) is 9.31 Å². The van der Waals surface area contributed by atoms with E-state index in [9.17, 15) is 0 Å². The molecule has 0 saturated carbocycles. The van der Waals surface area contributed by atoms with Crippen molar-refractivity contribution in [3.05, 3.63) is 18.5 Å². The molecular formula is C15H24BN3O2. The highest BCUT2D eigenvalue weighted by Gasteiger charge is 2.51. The van der Waals surface area contributed by atoms with Crippen LogP contribution in [0.2, 0.25) is 0 Å². The zero-order valence-corrected chi connectivity index (χ0v) is 13.3. The first-order chi connectivity index (χ1) is 9.89. The second-order valence-electron chi connectivity index (χ2n) is 6.80. The normalized spacial score (nSPS) is 24.4. The van der Waals surface area contributed by atoms with Gasteiger partial charge in [0.25, 0.3) is 0 Å². The van der Waals surface area contributed by atoms with Crippen molar-refractivity contribution in [2.24, 2.45) is 0 Å². The molecule has 0 radical (unpaired) electrons. The lowest BCUT2D eigenvalue weighted by Gasteiger charge is -2.32. The van der Waals surface area contributed by atoms with E-state index in [1.807, 2.05) is 12.4 Å². The number of hydrogen-bond acceptors (Lipinski definition) is 5. The summed E-state index contributed by atoms with van der Waals surface area (Å²) in [6.45, 7) is 12.3. The Morgan fingerprint density at radius 2 is 1.71 bits per heavy atom. The van der Waals surface area contributed by atoms with Gasteiger partial charge < -0.3 is 19.5 Å². The van der Waals surface area contributed by atoms with Crippen molar-refractivity contribution in [1.29, 1.82) is 0 Å². The van der Waals surface area contributed by atoms with Crippen LogP contribution in [0.15, 0.2) is 18.5 Å². The van der Waals surface area contributed by atoms with Crippen molar-refractivity contribution in [3.8, 4) is 0 Å². The first kappa shape index (κ1) is 14.8. The molecular weight excluding hydrogens is 265 g/mol. The summed E-state index contributed by atoms with van der Waals surface area (Å²) in [6, 6.07) is 2.14. The van der Waals surface area contributed by atoms with Crippen LogP contribution in [0.3, 0.4) is 0 Å². The average Bonchev–Trinajstić information content (AvgIpc) is 2.69. The molecule has 6 heteroatoms. The van der Waals surface area contributed by atoms with Gasteiger partial charge in [-0.3, -0.25) is 4.98 Å². The molecule has 2 aliphatic heterocycles. The monoisotopic (exact) mass is 289 g/mol.